The number of pyridine rings is 1. The largest absolute Gasteiger partial charge is 0.480 e. The summed E-state index contributed by atoms with van der Waals surface area (Å²) in [7, 11) is 3.06. The lowest BCUT2D eigenvalue weighted by Gasteiger charge is -2.08. The van der Waals surface area contributed by atoms with Crippen molar-refractivity contribution >= 4 is 17.2 Å². The summed E-state index contributed by atoms with van der Waals surface area (Å²) in [6.07, 6.45) is 5.11. The highest BCUT2D eigenvalue weighted by molar-refractivity contribution is 6.29. The number of halogens is 1. The Hall–Kier alpha value is -2.34. The summed E-state index contributed by atoms with van der Waals surface area (Å²) < 4.78 is 12.0. The van der Waals surface area contributed by atoms with Gasteiger partial charge in [-0.2, -0.15) is 4.98 Å². The fraction of sp³-hybridized carbons (Fsp3) is 0.154. The Labute approximate surface area is 120 Å². The lowest BCUT2D eigenvalue weighted by molar-refractivity contribution is 0.353. The van der Waals surface area contributed by atoms with Crippen molar-refractivity contribution in [2.75, 3.05) is 14.2 Å². The number of aromatic nitrogens is 4. The van der Waals surface area contributed by atoms with E-state index < -0.39 is 0 Å². The SMILES string of the molecule is COc1ncc(-c2ccc3ncc(Cl)n3c2)c(OC)n1. The third kappa shape index (κ3) is 2.04. The highest BCUT2D eigenvalue weighted by Gasteiger charge is 2.12. The molecule has 0 fully saturated rings. The van der Waals surface area contributed by atoms with Crippen LogP contribution in [0, 0.1) is 0 Å². The zero-order chi connectivity index (χ0) is 14.1. The Bertz CT molecular complexity index is 772. The third-order valence-corrected chi connectivity index (χ3v) is 3.16. The average Bonchev–Trinajstić information content (AvgIpc) is 2.87. The van der Waals surface area contributed by atoms with Crippen LogP contribution in [-0.4, -0.2) is 33.6 Å². The van der Waals surface area contributed by atoms with Crippen molar-refractivity contribution in [3.8, 4) is 23.0 Å². The Kier molecular flexibility index (Phi) is 3.15. The zero-order valence-electron chi connectivity index (χ0n) is 10.9. The van der Waals surface area contributed by atoms with Crippen LogP contribution in [0.4, 0.5) is 0 Å². The topological polar surface area (TPSA) is 61.5 Å². The minimum atomic E-state index is 0.257. The summed E-state index contributed by atoms with van der Waals surface area (Å²) >= 11 is 6.07. The van der Waals surface area contributed by atoms with E-state index in [1.807, 2.05) is 18.3 Å². The number of hydrogen-bond donors (Lipinski definition) is 0. The smallest absolute Gasteiger partial charge is 0.319 e. The maximum absolute atomic E-state index is 6.07. The molecule has 102 valence electrons. The predicted octanol–water partition coefficient (Wildman–Crippen LogP) is 2.46. The van der Waals surface area contributed by atoms with E-state index in [2.05, 4.69) is 15.0 Å². The molecule has 0 bridgehead atoms. The number of imidazole rings is 1. The molecule has 0 saturated heterocycles. The van der Waals surface area contributed by atoms with Gasteiger partial charge < -0.3 is 9.47 Å². The fourth-order valence-electron chi connectivity index (χ4n) is 1.91. The molecule has 3 aromatic heterocycles. The van der Waals surface area contributed by atoms with Crippen LogP contribution in [0.15, 0.2) is 30.7 Å². The third-order valence-electron chi connectivity index (χ3n) is 2.88. The zero-order valence-corrected chi connectivity index (χ0v) is 11.6. The first-order chi connectivity index (χ1) is 9.72. The predicted molar refractivity (Wildman–Crippen MR) is 74.3 cm³/mol. The molecule has 0 spiro atoms. The maximum Gasteiger partial charge on any atom is 0.319 e. The molecular formula is C13H11ClN4O2. The van der Waals surface area contributed by atoms with Gasteiger partial charge in [0, 0.05) is 18.0 Å². The number of methoxy groups -OCH3 is 2. The van der Waals surface area contributed by atoms with Crippen LogP contribution in [0.5, 0.6) is 11.9 Å². The van der Waals surface area contributed by atoms with Gasteiger partial charge >= 0.3 is 6.01 Å². The van der Waals surface area contributed by atoms with Crippen LogP contribution >= 0.6 is 11.6 Å². The Morgan fingerprint density at radius 1 is 1.10 bits per heavy atom. The lowest BCUT2D eigenvalue weighted by Crippen LogP contribution is -1.98. The number of rotatable bonds is 3. The van der Waals surface area contributed by atoms with E-state index in [0.717, 1.165) is 16.8 Å². The molecule has 7 heteroatoms. The lowest BCUT2D eigenvalue weighted by atomic mass is 10.1. The van der Waals surface area contributed by atoms with Crippen molar-refractivity contribution < 1.29 is 9.47 Å². The van der Waals surface area contributed by atoms with Crippen molar-refractivity contribution in [2.24, 2.45) is 0 Å². The number of ether oxygens (including phenoxy) is 2. The number of fused-ring (bicyclic) bond motifs is 1. The van der Waals surface area contributed by atoms with E-state index in [4.69, 9.17) is 21.1 Å². The fourth-order valence-corrected chi connectivity index (χ4v) is 2.10. The quantitative estimate of drug-likeness (QED) is 0.741. The van der Waals surface area contributed by atoms with E-state index in [-0.39, 0.29) is 6.01 Å². The van der Waals surface area contributed by atoms with Crippen molar-refractivity contribution in [2.45, 2.75) is 0 Å². The number of hydrogen-bond acceptors (Lipinski definition) is 5. The molecule has 0 aliphatic rings. The molecule has 0 amide bonds. The van der Waals surface area contributed by atoms with Crippen LogP contribution in [0.3, 0.4) is 0 Å². The van der Waals surface area contributed by atoms with Crippen LogP contribution in [-0.2, 0) is 0 Å². The van der Waals surface area contributed by atoms with Gasteiger partial charge in [-0.25, -0.2) is 9.97 Å². The first kappa shape index (κ1) is 12.7. The van der Waals surface area contributed by atoms with E-state index >= 15 is 0 Å². The average molecular weight is 291 g/mol. The molecule has 3 heterocycles. The van der Waals surface area contributed by atoms with Gasteiger partial charge in [-0.05, 0) is 12.1 Å². The second-order valence-electron chi connectivity index (χ2n) is 4.01. The molecule has 0 unspecified atom stereocenters. The van der Waals surface area contributed by atoms with Crippen LogP contribution in [0.25, 0.3) is 16.8 Å². The molecule has 3 aromatic rings. The van der Waals surface area contributed by atoms with Gasteiger partial charge in [0.05, 0.1) is 26.0 Å². The number of nitrogens with zero attached hydrogens (tertiary/aromatic N) is 4. The molecule has 20 heavy (non-hydrogen) atoms. The van der Waals surface area contributed by atoms with Gasteiger partial charge in [0.2, 0.25) is 5.88 Å². The Morgan fingerprint density at radius 2 is 1.95 bits per heavy atom. The molecule has 0 radical (unpaired) electrons. The van der Waals surface area contributed by atoms with Crippen LogP contribution in [0.2, 0.25) is 5.15 Å². The van der Waals surface area contributed by atoms with E-state index in [0.29, 0.717) is 11.0 Å². The summed E-state index contributed by atoms with van der Waals surface area (Å²) in [5.74, 6) is 0.437. The second-order valence-corrected chi connectivity index (χ2v) is 4.39. The minimum absolute atomic E-state index is 0.257. The maximum atomic E-state index is 6.07. The minimum Gasteiger partial charge on any atom is -0.480 e. The molecule has 0 aromatic carbocycles. The Morgan fingerprint density at radius 3 is 2.70 bits per heavy atom. The molecule has 0 aliphatic heterocycles. The van der Waals surface area contributed by atoms with Crippen molar-refractivity contribution in [1.82, 2.24) is 19.4 Å². The molecule has 0 atom stereocenters. The highest BCUT2D eigenvalue weighted by atomic mass is 35.5. The molecule has 0 aliphatic carbocycles. The van der Waals surface area contributed by atoms with Gasteiger partial charge in [0.25, 0.3) is 0 Å². The first-order valence-electron chi connectivity index (χ1n) is 5.81. The van der Waals surface area contributed by atoms with Crippen molar-refractivity contribution in [3.05, 3.63) is 35.9 Å². The normalized spacial score (nSPS) is 10.8. The first-order valence-corrected chi connectivity index (χ1v) is 6.18. The Balaban J connectivity index is 2.16. The van der Waals surface area contributed by atoms with E-state index in [1.165, 1.54) is 7.11 Å². The van der Waals surface area contributed by atoms with Crippen LogP contribution < -0.4 is 9.47 Å². The van der Waals surface area contributed by atoms with Crippen LogP contribution in [0.1, 0.15) is 0 Å². The van der Waals surface area contributed by atoms with E-state index in [1.54, 1.807) is 23.9 Å². The standard InChI is InChI=1S/C13H11ClN4O2/c1-19-12-9(5-16-13(17-12)20-2)8-3-4-11-15-6-10(14)18(11)7-8/h3-7H,1-2H3. The van der Waals surface area contributed by atoms with Gasteiger partial charge in [-0.3, -0.25) is 4.40 Å². The molecule has 0 N–H and O–H groups in total. The summed E-state index contributed by atoms with van der Waals surface area (Å²) in [6.45, 7) is 0. The summed E-state index contributed by atoms with van der Waals surface area (Å²) in [5, 5.41) is 0.537. The molecule has 0 saturated carbocycles. The summed E-state index contributed by atoms with van der Waals surface area (Å²) in [6, 6.07) is 4.03. The summed E-state index contributed by atoms with van der Waals surface area (Å²) in [5.41, 5.74) is 2.39. The molecule has 3 rings (SSSR count). The monoisotopic (exact) mass is 290 g/mol. The van der Waals surface area contributed by atoms with Gasteiger partial charge in [0.15, 0.2) is 0 Å². The van der Waals surface area contributed by atoms with Gasteiger partial charge in [-0.15, -0.1) is 0 Å². The van der Waals surface area contributed by atoms with Crippen molar-refractivity contribution in [3.63, 3.8) is 0 Å². The highest BCUT2D eigenvalue weighted by Crippen LogP contribution is 2.29. The molecule has 6 nitrogen and oxygen atoms in total. The van der Waals surface area contributed by atoms with E-state index in [9.17, 15) is 0 Å². The second kappa shape index (κ2) is 4.97. The van der Waals surface area contributed by atoms with Crippen molar-refractivity contribution in [1.29, 1.82) is 0 Å². The van der Waals surface area contributed by atoms with Gasteiger partial charge in [-0.1, -0.05) is 11.6 Å². The molecular weight excluding hydrogens is 280 g/mol. The van der Waals surface area contributed by atoms with Gasteiger partial charge in [0.1, 0.15) is 10.8 Å². The summed E-state index contributed by atoms with van der Waals surface area (Å²) in [4.78, 5) is 12.4.